The number of fused-ring (bicyclic) bond motifs is 1. The minimum absolute atomic E-state index is 0.00882. The number of allylic oxidation sites excluding steroid dienone is 2. The third-order valence-electron chi connectivity index (χ3n) is 5.36. The number of nitrogens with one attached hydrogen (secondary N) is 2. The van der Waals surface area contributed by atoms with Gasteiger partial charge in [-0.1, -0.05) is 33.3 Å². The normalized spacial score (nSPS) is 15.1. The summed E-state index contributed by atoms with van der Waals surface area (Å²) in [6.45, 7) is 10.4. The number of primary amides is 1. The highest BCUT2D eigenvalue weighted by Gasteiger charge is 2.26. The summed E-state index contributed by atoms with van der Waals surface area (Å²) >= 11 is 1.31. The summed E-state index contributed by atoms with van der Waals surface area (Å²) in [5.41, 5.74) is 9.42. The number of nitrogens with two attached hydrogens (primary N) is 1. The lowest BCUT2D eigenvalue weighted by molar-refractivity contribution is 0.0910. The van der Waals surface area contributed by atoms with Crippen molar-refractivity contribution < 1.29 is 9.59 Å². The minimum Gasteiger partial charge on any atom is -0.365 e. The maximum absolute atomic E-state index is 13.0. The lowest BCUT2D eigenvalue weighted by atomic mass is 9.88. The average Bonchev–Trinajstić information content (AvgIpc) is 3.23. The lowest BCUT2D eigenvalue weighted by Crippen LogP contribution is -2.41. The summed E-state index contributed by atoms with van der Waals surface area (Å²) in [5, 5.41) is 3.09. The van der Waals surface area contributed by atoms with Crippen molar-refractivity contribution in [2.45, 2.75) is 53.5 Å². The fourth-order valence-corrected chi connectivity index (χ4v) is 3.79. The quantitative estimate of drug-likeness (QED) is 0.680. The maximum Gasteiger partial charge on any atom is 0.258 e. The van der Waals surface area contributed by atoms with Gasteiger partial charge in [-0.25, -0.2) is 4.99 Å². The molecule has 3 heterocycles. The highest BCUT2D eigenvalue weighted by atomic mass is 32.1. The molecule has 4 N–H and O–H groups in total. The van der Waals surface area contributed by atoms with E-state index >= 15 is 0 Å². The number of H-pyrrole nitrogens is 1. The van der Waals surface area contributed by atoms with Gasteiger partial charge in [0.1, 0.15) is 0 Å². The van der Waals surface area contributed by atoms with E-state index < -0.39 is 5.91 Å². The fraction of sp³-hybridized carbons (Fsp3) is 0.409. The van der Waals surface area contributed by atoms with Gasteiger partial charge in [0.15, 0.2) is 0 Å². The third kappa shape index (κ3) is 4.50. The van der Waals surface area contributed by atoms with Crippen molar-refractivity contribution >= 4 is 34.6 Å². The third-order valence-corrected chi connectivity index (χ3v) is 6.48. The Balaban J connectivity index is 2.01. The van der Waals surface area contributed by atoms with Gasteiger partial charge in [-0.05, 0) is 37.0 Å². The molecular formula is C22H28N4O2S. The predicted molar refractivity (Wildman–Crippen MR) is 118 cm³/mol. The first-order valence-corrected chi connectivity index (χ1v) is 10.6. The molecule has 0 aliphatic carbocycles. The second kappa shape index (κ2) is 7.99. The van der Waals surface area contributed by atoms with Crippen LogP contribution in [0, 0.1) is 5.41 Å². The zero-order chi connectivity index (χ0) is 21.3. The molecule has 29 heavy (non-hydrogen) atoms. The Labute approximate surface area is 175 Å². The molecule has 1 unspecified atom stereocenters. The molecule has 2 amide bonds. The van der Waals surface area contributed by atoms with Gasteiger partial charge in [0, 0.05) is 24.4 Å². The van der Waals surface area contributed by atoms with Gasteiger partial charge < -0.3 is 16.0 Å². The van der Waals surface area contributed by atoms with Crippen LogP contribution in [0.1, 0.15) is 71.6 Å². The molecule has 0 saturated heterocycles. The number of carbonyl (C=O) groups excluding carboxylic acids is 2. The molecule has 0 saturated carbocycles. The predicted octanol–water partition coefficient (Wildman–Crippen LogP) is 4.35. The molecule has 2 aromatic heterocycles. The Kier molecular flexibility index (Phi) is 5.80. The number of thiophene rings is 1. The van der Waals surface area contributed by atoms with Crippen molar-refractivity contribution in [1.29, 1.82) is 0 Å². The molecular weight excluding hydrogens is 384 g/mol. The van der Waals surface area contributed by atoms with E-state index in [1.54, 1.807) is 12.3 Å². The summed E-state index contributed by atoms with van der Waals surface area (Å²) in [7, 11) is 0. The van der Waals surface area contributed by atoms with Gasteiger partial charge in [0.05, 0.1) is 26.7 Å². The molecule has 2 aromatic rings. The number of aliphatic imine (C=N–C) groups is 1. The molecule has 0 spiro atoms. The van der Waals surface area contributed by atoms with Crippen LogP contribution in [0.25, 0.3) is 0 Å². The molecule has 3 rings (SSSR count). The standard InChI is InChI=1S/C22H28N4O2S/c1-6-13-9-15(17-7-8-18(29-17)20(23)27)26-19-14(11-24-16(19)10-13)21(28)25-12(2)22(3,4)5/h7-9,11-12,24H,6,10H2,1-5H3,(H2,23,27)(H,25,28). The van der Waals surface area contributed by atoms with Crippen LogP contribution in [-0.2, 0) is 6.42 Å². The molecule has 1 atom stereocenters. The molecule has 6 nitrogen and oxygen atoms in total. The van der Waals surface area contributed by atoms with Gasteiger partial charge in [0.2, 0.25) is 0 Å². The second-order valence-corrected chi connectivity index (χ2v) is 9.53. The molecule has 0 fully saturated rings. The smallest absolute Gasteiger partial charge is 0.258 e. The summed E-state index contributed by atoms with van der Waals surface area (Å²) < 4.78 is 0. The Hall–Kier alpha value is -2.67. The Morgan fingerprint density at radius 1 is 1.34 bits per heavy atom. The van der Waals surface area contributed by atoms with Crippen molar-refractivity contribution in [3.8, 4) is 0 Å². The molecule has 0 bridgehead atoms. The zero-order valence-electron chi connectivity index (χ0n) is 17.6. The zero-order valence-corrected chi connectivity index (χ0v) is 18.4. The number of nitrogens with zero attached hydrogens (tertiary/aromatic N) is 1. The first-order chi connectivity index (χ1) is 13.6. The van der Waals surface area contributed by atoms with Crippen molar-refractivity contribution in [2.24, 2.45) is 16.1 Å². The minimum atomic E-state index is -0.450. The summed E-state index contributed by atoms with van der Waals surface area (Å²) in [4.78, 5) is 33.9. The molecule has 0 aromatic carbocycles. The van der Waals surface area contributed by atoms with Crippen LogP contribution < -0.4 is 11.1 Å². The van der Waals surface area contributed by atoms with Crippen molar-refractivity contribution in [3.63, 3.8) is 0 Å². The van der Waals surface area contributed by atoms with Crippen molar-refractivity contribution in [2.75, 3.05) is 0 Å². The van der Waals surface area contributed by atoms with E-state index in [1.807, 2.05) is 19.1 Å². The first kappa shape index (κ1) is 21.0. The molecule has 0 radical (unpaired) electrons. The Bertz CT molecular complexity index is 1000. The highest BCUT2D eigenvalue weighted by Crippen LogP contribution is 2.32. The largest absolute Gasteiger partial charge is 0.365 e. The number of amides is 2. The number of rotatable bonds is 5. The Morgan fingerprint density at radius 2 is 2.07 bits per heavy atom. The van der Waals surface area contributed by atoms with Crippen LogP contribution in [-0.4, -0.2) is 28.6 Å². The number of hydrogen-bond acceptors (Lipinski definition) is 4. The SMILES string of the molecule is CCC1=CC(c2ccc(C(N)=O)s2)=Nc2c(C(=O)NC(C)C(C)(C)C)c[nH]c2C1. The number of aromatic nitrogens is 1. The maximum atomic E-state index is 13.0. The monoisotopic (exact) mass is 412 g/mol. The van der Waals surface area contributed by atoms with Crippen LogP contribution in [0.3, 0.4) is 0 Å². The summed E-state index contributed by atoms with van der Waals surface area (Å²) in [6, 6.07) is 3.58. The van der Waals surface area contributed by atoms with E-state index in [2.05, 4.69) is 38.0 Å². The van der Waals surface area contributed by atoms with Crippen LogP contribution in [0.15, 0.2) is 35.0 Å². The summed E-state index contributed by atoms with van der Waals surface area (Å²) in [5.74, 6) is -0.592. The van der Waals surface area contributed by atoms with E-state index in [0.29, 0.717) is 22.5 Å². The molecule has 1 aliphatic heterocycles. The van der Waals surface area contributed by atoms with E-state index in [4.69, 9.17) is 10.7 Å². The van der Waals surface area contributed by atoms with E-state index in [0.717, 1.165) is 22.7 Å². The van der Waals surface area contributed by atoms with Crippen LogP contribution in [0.4, 0.5) is 5.69 Å². The number of carbonyl (C=O) groups is 2. The van der Waals surface area contributed by atoms with Crippen LogP contribution in [0.2, 0.25) is 0 Å². The lowest BCUT2D eigenvalue weighted by Gasteiger charge is -2.28. The Morgan fingerprint density at radius 3 is 2.66 bits per heavy atom. The first-order valence-electron chi connectivity index (χ1n) is 9.79. The van der Waals surface area contributed by atoms with Gasteiger partial charge in [-0.15, -0.1) is 11.3 Å². The van der Waals surface area contributed by atoms with Crippen LogP contribution in [0.5, 0.6) is 0 Å². The van der Waals surface area contributed by atoms with Gasteiger partial charge in [-0.3, -0.25) is 9.59 Å². The van der Waals surface area contributed by atoms with Crippen molar-refractivity contribution in [1.82, 2.24) is 10.3 Å². The van der Waals surface area contributed by atoms with Crippen molar-refractivity contribution in [3.05, 3.63) is 51.0 Å². The van der Waals surface area contributed by atoms with Crippen LogP contribution >= 0.6 is 11.3 Å². The van der Waals surface area contributed by atoms with Gasteiger partial charge in [0.25, 0.3) is 11.8 Å². The van der Waals surface area contributed by atoms with E-state index in [9.17, 15) is 9.59 Å². The van der Waals surface area contributed by atoms with E-state index in [-0.39, 0.29) is 17.4 Å². The fourth-order valence-electron chi connectivity index (χ4n) is 2.97. The number of aromatic amines is 1. The molecule has 1 aliphatic rings. The topological polar surface area (TPSA) is 100 Å². The highest BCUT2D eigenvalue weighted by molar-refractivity contribution is 7.16. The second-order valence-electron chi connectivity index (χ2n) is 8.45. The van der Waals surface area contributed by atoms with E-state index in [1.165, 1.54) is 16.9 Å². The van der Waals surface area contributed by atoms with Gasteiger partial charge >= 0.3 is 0 Å². The number of hydrogen-bond donors (Lipinski definition) is 3. The average molecular weight is 413 g/mol. The van der Waals surface area contributed by atoms with Gasteiger partial charge in [-0.2, -0.15) is 0 Å². The molecule has 154 valence electrons. The summed E-state index contributed by atoms with van der Waals surface area (Å²) in [6.07, 6.45) is 5.35. The molecule has 7 heteroatoms.